The maximum Gasteiger partial charge on any atom is 0.319 e. The lowest BCUT2D eigenvalue weighted by molar-refractivity contribution is -0.138. The highest BCUT2D eigenvalue weighted by Gasteiger charge is 2.28. The minimum atomic E-state index is -0.987. The van der Waals surface area contributed by atoms with Crippen LogP contribution in [0, 0.1) is 6.92 Å². The van der Waals surface area contributed by atoms with Gasteiger partial charge in [0.05, 0.1) is 11.4 Å². The summed E-state index contributed by atoms with van der Waals surface area (Å²) in [4.78, 5) is 22.9. The van der Waals surface area contributed by atoms with Gasteiger partial charge in [-0.3, -0.25) is 9.59 Å². The van der Waals surface area contributed by atoms with Gasteiger partial charge in [0.15, 0.2) is 0 Å². The van der Waals surface area contributed by atoms with Gasteiger partial charge in [0.25, 0.3) is 0 Å². The number of carbonyl (C=O) groups is 2. The molecular formula is C13H15Br2NO3S. The topological polar surface area (TPSA) is 66.4 Å². The lowest BCUT2D eigenvalue weighted by Crippen LogP contribution is -2.29. The molecule has 0 saturated carbocycles. The van der Waals surface area contributed by atoms with E-state index in [0.717, 1.165) is 26.3 Å². The van der Waals surface area contributed by atoms with Gasteiger partial charge in [0.1, 0.15) is 4.75 Å². The van der Waals surface area contributed by atoms with E-state index in [1.165, 1.54) is 0 Å². The Labute approximate surface area is 139 Å². The Morgan fingerprint density at radius 1 is 1.30 bits per heavy atom. The molecule has 2 N–H and O–H groups in total. The number of hydrogen-bond donors (Lipinski definition) is 2. The molecule has 0 fully saturated rings. The van der Waals surface area contributed by atoms with Crippen molar-refractivity contribution < 1.29 is 14.7 Å². The number of halogens is 2. The van der Waals surface area contributed by atoms with E-state index in [9.17, 15) is 9.59 Å². The molecular weight excluding hydrogens is 410 g/mol. The summed E-state index contributed by atoms with van der Waals surface area (Å²) in [5, 5.41) is 11.8. The number of nitrogens with one attached hydrogen (secondary N) is 1. The van der Waals surface area contributed by atoms with Gasteiger partial charge in [-0.15, -0.1) is 11.8 Å². The van der Waals surface area contributed by atoms with Crippen LogP contribution in [0.1, 0.15) is 19.4 Å². The number of rotatable bonds is 5. The number of benzene rings is 1. The fraction of sp³-hybridized carbons (Fsp3) is 0.385. The van der Waals surface area contributed by atoms with Crippen LogP contribution in [0.2, 0.25) is 0 Å². The zero-order valence-corrected chi connectivity index (χ0v) is 15.3. The molecule has 0 heterocycles. The van der Waals surface area contributed by atoms with Crippen LogP contribution >= 0.6 is 43.6 Å². The predicted octanol–water partition coefficient (Wildman–Crippen LogP) is 4.05. The predicted molar refractivity (Wildman–Crippen MR) is 89.4 cm³/mol. The standard InChI is InChI=1S/C13H15Br2NO3S/c1-7-4-8(14)11(9(15)5-7)16-10(17)6-20-13(2,3)12(18)19/h4-5H,6H2,1-3H3,(H,16,17)(H,18,19). The van der Waals surface area contributed by atoms with Crippen LogP contribution in [0.3, 0.4) is 0 Å². The minimum absolute atomic E-state index is 0.0755. The zero-order valence-electron chi connectivity index (χ0n) is 11.3. The molecule has 0 aliphatic carbocycles. The molecule has 1 aromatic carbocycles. The summed E-state index contributed by atoms with van der Waals surface area (Å²) in [5.74, 6) is -1.10. The normalized spacial score (nSPS) is 11.2. The molecule has 110 valence electrons. The number of anilines is 1. The Morgan fingerprint density at radius 2 is 1.80 bits per heavy atom. The monoisotopic (exact) mass is 423 g/mol. The summed E-state index contributed by atoms with van der Waals surface area (Å²) in [6.45, 7) is 5.10. The van der Waals surface area contributed by atoms with E-state index >= 15 is 0 Å². The molecule has 4 nitrogen and oxygen atoms in total. The Kier molecular flexibility index (Phi) is 6.09. The van der Waals surface area contributed by atoms with E-state index in [1.807, 2.05) is 19.1 Å². The lowest BCUT2D eigenvalue weighted by atomic mass is 10.2. The maximum atomic E-state index is 11.9. The summed E-state index contributed by atoms with van der Waals surface area (Å²) < 4.78 is 0.569. The summed E-state index contributed by atoms with van der Waals surface area (Å²) in [6, 6.07) is 3.80. The second kappa shape index (κ2) is 6.95. The molecule has 0 unspecified atom stereocenters. The van der Waals surface area contributed by atoms with Crippen LogP contribution in [0.5, 0.6) is 0 Å². The van der Waals surface area contributed by atoms with Crippen molar-refractivity contribution >= 4 is 61.2 Å². The first kappa shape index (κ1) is 17.5. The Balaban J connectivity index is 2.71. The van der Waals surface area contributed by atoms with E-state index in [0.29, 0.717) is 5.69 Å². The third-order valence-corrected chi connectivity index (χ3v) is 5.08. The van der Waals surface area contributed by atoms with Gasteiger partial charge in [0, 0.05) is 8.95 Å². The van der Waals surface area contributed by atoms with Crippen LogP contribution in [-0.4, -0.2) is 27.5 Å². The van der Waals surface area contributed by atoms with Crippen LogP contribution in [0.15, 0.2) is 21.1 Å². The van der Waals surface area contributed by atoms with Gasteiger partial charge < -0.3 is 10.4 Å². The molecule has 0 spiro atoms. The second-order valence-corrected chi connectivity index (χ2v) is 8.06. The molecule has 0 saturated heterocycles. The largest absolute Gasteiger partial charge is 0.480 e. The number of thioether (sulfide) groups is 1. The number of aliphatic carboxylic acids is 1. The number of carbonyl (C=O) groups excluding carboxylic acids is 1. The van der Waals surface area contributed by atoms with Gasteiger partial charge in [-0.2, -0.15) is 0 Å². The number of carboxylic acids is 1. The van der Waals surface area contributed by atoms with Crippen LogP contribution in [0.4, 0.5) is 5.69 Å². The molecule has 1 rings (SSSR count). The average molecular weight is 425 g/mol. The van der Waals surface area contributed by atoms with Crippen molar-refractivity contribution in [2.45, 2.75) is 25.5 Å². The Bertz CT molecular complexity index is 523. The first-order valence-corrected chi connectivity index (χ1v) is 8.33. The molecule has 20 heavy (non-hydrogen) atoms. The second-order valence-electron chi connectivity index (χ2n) is 4.76. The van der Waals surface area contributed by atoms with E-state index in [2.05, 4.69) is 37.2 Å². The summed E-state index contributed by atoms with van der Waals surface area (Å²) in [5.41, 5.74) is 1.71. The molecule has 0 aliphatic rings. The third-order valence-electron chi connectivity index (χ3n) is 2.53. The lowest BCUT2D eigenvalue weighted by Gasteiger charge is -2.18. The van der Waals surface area contributed by atoms with Crippen molar-refractivity contribution in [2.75, 3.05) is 11.1 Å². The number of carboxylic acid groups (broad SMARTS) is 1. The SMILES string of the molecule is Cc1cc(Br)c(NC(=O)CSC(C)(C)C(=O)O)c(Br)c1. The van der Waals surface area contributed by atoms with Crippen molar-refractivity contribution in [3.05, 3.63) is 26.6 Å². The fourth-order valence-electron chi connectivity index (χ4n) is 1.30. The van der Waals surface area contributed by atoms with Crippen LogP contribution < -0.4 is 5.32 Å². The highest BCUT2D eigenvalue weighted by atomic mass is 79.9. The van der Waals surface area contributed by atoms with Gasteiger partial charge in [-0.05, 0) is 70.3 Å². The quantitative estimate of drug-likeness (QED) is 0.747. The Morgan fingerprint density at radius 3 is 2.25 bits per heavy atom. The van der Waals surface area contributed by atoms with Crippen molar-refractivity contribution in [3.8, 4) is 0 Å². The first-order chi connectivity index (χ1) is 9.13. The zero-order chi connectivity index (χ0) is 15.5. The van der Waals surface area contributed by atoms with Crippen molar-refractivity contribution in [2.24, 2.45) is 0 Å². The van der Waals surface area contributed by atoms with Gasteiger partial charge >= 0.3 is 5.97 Å². The molecule has 1 amide bonds. The molecule has 1 aromatic rings. The minimum Gasteiger partial charge on any atom is -0.480 e. The van der Waals surface area contributed by atoms with Crippen molar-refractivity contribution in [1.29, 1.82) is 0 Å². The highest BCUT2D eigenvalue weighted by Crippen LogP contribution is 2.33. The number of aryl methyl sites for hydroxylation is 1. The summed E-state index contributed by atoms with van der Waals surface area (Å²) in [6.07, 6.45) is 0. The highest BCUT2D eigenvalue weighted by molar-refractivity contribution is 9.11. The first-order valence-electron chi connectivity index (χ1n) is 5.76. The molecule has 7 heteroatoms. The van der Waals surface area contributed by atoms with Crippen molar-refractivity contribution in [3.63, 3.8) is 0 Å². The van der Waals surface area contributed by atoms with Gasteiger partial charge in [-0.25, -0.2) is 0 Å². The Hall–Kier alpha value is -0.530. The van der Waals surface area contributed by atoms with E-state index < -0.39 is 10.7 Å². The number of hydrogen-bond acceptors (Lipinski definition) is 3. The molecule has 0 aliphatic heterocycles. The molecule has 0 radical (unpaired) electrons. The van der Waals surface area contributed by atoms with E-state index in [-0.39, 0.29) is 11.7 Å². The summed E-state index contributed by atoms with van der Waals surface area (Å²) in [7, 11) is 0. The van der Waals surface area contributed by atoms with Gasteiger partial charge in [-0.1, -0.05) is 0 Å². The van der Waals surface area contributed by atoms with Gasteiger partial charge in [0.2, 0.25) is 5.91 Å². The molecule has 0 atom stereocenters. The average Bonchev–Trinajstić information content (AvgIpc) is 2.31. The fourth-order valence-corrected chi connectivity index (χ4v) is 3.60. The smallest absolute Gasteiger partial charge is 0.319 e. The van der Waals surface area contributed by atoms with E-state index in [1.54, 1.807) is 13.8 Å². The van der Waals surface area contributed by atoms with Crippen molar-refractivity contribution in [1.82, 2.24) is 0 Å². The molecule has 0 aromatic heterocycles. The summed E-state index contributed by atoms with van der Waals surface area (Å²) >= 11 is 7.88. The maximum absolute atomic E-state index is 11.9. The van der Waals surface area contributed by atoms with E-state index in [4.69, 9.17) is 5.11 Å². The van der Waals surface area contributed by atoms with Crippen LogP contribution in [-0.2, 0) is 9.59 Å². The molecule has 0 bridgehead atoms. The number of amides is 1. The van der Waals surface area contributed by atoms with Crippen LogP contribution in [0.25, 0.3) is 0 Å². The third kappa shape index (κ3) is 4.79.